The second-order valence-corrected chi connectivity index (χ2v) is 5.94. The van der Waals surface area contributed by atoms with Crippen LogP contribution in [0.1, 0.15) is 0 Å². The quantitative estimate of drug-likeness (QED) is 0.496. The van der Waals surface area contributed by atoms with Gasteiger partial charge in [0.25, 0.3) is 0 Å². The molecule has 110 valence electrons. The molecule has 0 saturated heterocycles. The van der Waals surface area contributed by atoms with Crippen LogP contribution in [-0.2, 0) is 0 Å². The first-order valence-electron chi connectivity index (χ1n) is 7.01. The van der Waals surface area contributed by atoms with Crippen molar-refractivity contribution in [3.8, 4) is 11.8 Å². The second kappa shape index (κ2) is 4.72. The zero-order valence-corrected chi connectivity index (χ0v) is 12.6. The van der Waals surface area contributed by atoms with E-state index in [-0.39, 0.29) is 0 Å². The fourth-order valence-electron chi connectivity index (χ4n) is 2.61. The van der Waals surface area contributed by atoms with Crippen molar-refractivity contribution in [3.63, 3.8) is 0 Å². The summed E-state index contributed by atoms with van der Waals surface area (Å²) in [7, 11) is 0. The molecule has 0 radical (unpaired) electrons. The minimum atomic E-state index is 0.354. The van der Waals surface area contributed by atoms with E-state index in [1.165, 1.54) is 4.52 Å². The maximum atomic E-state index is 6.05. The summed E-state index contributed by atoms with van der Waals surface area (Å²) in [5.74, 6) is 0.724. The van der Waals surface area contributed by atoms with Crippen LogP contribution >= 0.6 is 11.3 Å². The van der Waals surface area contributed by atoms with Gasteiger partial charge in [0.05, 0.1) is 10.2 Å². The van der Waals surface area contributed by atoms with Gasteiger partial charge in [-0.3, -0.25) is 0 Å². The molecule has 0 atom stereocenters. The zero-order valence-electron chi connectivity index (χ0n) is 11.7. The largest absolute Gasteiger partial charge is 0.424 e. The molecule has 0 fully saturated rings. The lowest BCUT2D eigenvalue weighted by molar-refractivity contribution is 0.430. The molecule has 0 aliphatic heterocycles. The summed E-state index contributed by atoms with van der Waals surface area (Å²) in [5, 5.41) is 15.9. The van der Waals surface area contributed by atoms with E-state index in [1.807, 2.05) is 53.9 Å². The Hall–Kier alpha value is -3.06. The Morgan fingerprint density at radius 1 is 1.00 bits per heavy atom. The van der Waals surface area contributed by atoms with Gasteiger partial charge in [-0.25, -0.2) is 0 Å². The Bertz CT molecular complexity index is 1160. The van der Waals surface area contributed by atoms with Gasteiger partial charge in [0.15, 0.2) is 0 Å². The summed E-state index contributed by atoms with van der Waals surface area (Å²) in [6, 6.07) is 16.3. The fraction of sp³-hybridized carbons (Fsp3) is 0. The predicted molar refractivity (Wildman–Crippen MR) is 88.0 cm³/mol. The summed E-state index contributed by atoms with van der Waals surface area (Å²) < 4.78 is 8.53. The number of benzene rings is 2. The van der Waals surface area contributed by atoms with Gasteiger partial charge in [0.2, 0.25) is 5.65 Å². The zero-order chi connectivity index (χ0) is 15.2. The number of rotatable bonds is 2. The Labute approximate surface area is 134 Å². The number of tetrazole rings is 1. The van der Waals surface area contributed by atoms with Gasteiger partial charge in [0.1, 0.15) is 5.75 Å². The van der Waals surface area contributed by atoms with Crippen molar-refractivity contribution >= 4 is 38.0 Å². The Morgan fingerprint density at radius 3 is 2.91 bits per heavy atom. The van der Waals surface area contributed by atoms with Crippen LogP contribution in [0.15, 0.2) is 53.9 Å². The van der Waals surface area contributed by atoms with Crippen LogP contribution in [0.25, 0.3) is 26.6 Å². The molecule has 23 heavy (non-hydrogen) atoms. The third-order valence-electron chi connectivity index (χ3n) is 3.67. The fourth-order valence-corrected chi connectivity index (χ4v) is 3.42. The van der Waals surface area contributed by atoms with Crippen molar-refractivity contribution < 1.29 is 4.74 Å². The van der Waals surface area contributed by atoms with Crippen LogP contribution in [-0.4, -0.2) is 25.0 Å². The molecule has 0 aliphatic rings. The third kappa shape index (κ3) is 1.87. The highest BCUT2D eigenvalue weighted by molar-refractivity contribution is 7.17. The molecular weight excluding hydrogens is 310 g/mol. The van der Waals surface area contributed by atoms with Gasteiger partial charge < -0.3 is 4.74 Å². The van der Waals surface area contributed by atoms with E-state index in [0.29, 0.717) is 11.7 Å². The number of hydrogen-bond donors (Lipinski definition) is 0. The van der Waals surface area contributed by atoms with Crippen LogP contribution in [0, 0.1) is 0 Å². The maximum absolute atomic E-state index is 6.05. The third-order valence-corrected chi connectivity index (χ3v) is 4.56. The van der Waals surface area contributed by atoms with E-state index in [4.69, 9.17) is 4.74 Å². The molecule has 0 N–H and O–H groups in total. The number of fused-ring (bicyclic) bond motifs is 4. The molecule has 7 heteroatoms. The minimum absolute atomic E-state index is 0.354. The standard InChI is InChI=1S/C16H9N5OS/c1-2-6-11-10(4-1)5-3-7-13(11)22-16-17-12-8-9-23-14(12)15-18-19-20-21(15)16/h1-9H. The highest BCUT2D eigenvalue weighted by Gasteiger charge is 2.14. The van der Waals surface area contributed by atoms with Crippen LogP contribution in [0.2, 0.25) is 0 Å². The average Bonchev–Trinajstić information content (AvgIpc) is 3.23. The molecule has 5 aromatic rings. The van der Waals surface area contributed by atoms with E-state index in [9.17, 15) is 0 Å². The highest BCUT2D eigenvalue weighted by atomic mass is 32.1. The van der Waals surface area contributed by atoms with Gasteiger partial charge in [-0.2, -0.15) is 4.98 Å². The smallest absolute Gasteiger partial charge is 0.327 e. The summed E-state index contributed by atoms with van der Waals surface area (Å²) in [5.41, 5.74) is 1.48. The van der Waals surface area contributed by atoms with Crippen LogP contribution in [0.4, 0.5) is 0 Å². The first-order chi connectivity index (χ1) is 11.4. The number of nitrogens with zero attached hydrogens (tertiary/aromatic N) is 5. The molecule has 0 aliphatic carbocycles. The van der Waals surface area contributed by atoms with Crippen molar-refractivity contribution in [1.29, 1.82) is 0 Å². The predicted octanol–water partition coefficient (Wildman–Crippen LogP) is 3.68. The molecule has 0 unspecified atom stereocenters. The first-order valence-corrected chi connectivity index (χ1v) is 7.89. The molecule has 2 aromatic carbocycles. The van der Waals surface area contributed by atoms with Gasteiger partial charge in [0, 0.05) is 5.39 Å². The molecule has 6 nitrogen and oxygen atoms in total. The highest BCUT2D eigenvalue weighted by Crippen LogP contribution is 2.31. The summed E-state index contributed by atoms with van der Waals surface area (Å²) in [6.45, 7) is 0. The second-order valence-electron chi connectivity index (χ2n) is 5.02. The normalized spacial score (nSPS) is 11.5. The van der Waals surface area contributed by atoms with E-state index < -0.39 is 0 Å². The molecule has 0 saturated carbocycles. The molecular formula is C16H9N5OS. The molecule has 0 spiro atoms. The van der Waals surface area contributed by atoms with Gasteiger partial charge >= 0.3 is 6.01 Å². The molecule has 3 aromatic heterocycles. The number of hydrogen-bond acceptors (Lipinski definition) is 6. The van der Waals surface area contributed by atoms with Crippen LogP contribution < -0.4 is 4.74 Å². The van der Waals surface area contributed by atoms with Crippen molar-refractivity contribution in [1.82, 2.24) is 25.0 Å². The summed E-state index contributed by atoms with van der Waals surface area (Å²) >= 11 is 1.56. The Morgan fingerprint density at radius 2 is 1.91 bits per heavy atom. The van der Waals surface area contributed by atoms with Crippen molar-refractivity contribution in [2.24, 2.45) is 0 Å². The SMILES string of the molecule is c1ccc2c(Oc3nc4ccsc4c4nnnn34)cccc2c1. The van der Waals surface area contributed by atoms with Crippen LogP contribution in [0.5, 0.6) is 11.8 Å². The lowest BCUT2D eigenvalue weighted by Crippen LogP contribution is -1.99. The molecule has 0 amide bonds. The Balaban J connectivity index is 1.74. The monoisotopic (exact) mass is 319 g/mol. The average molecular weight is 319 g/mol. The topological polar surface area (TPSA) is 65.2 Å². The molecule has 0 bridgehead atoms. The van der Waals surface area contributed by atoms with E-state index >= 15 is 0 Å². The van der Waals surface area contributed by atoms with Crippen LogP contribution in [0.3, 0.4) is 0 Å². The van der Waals surface area contributed by atoms with E-state index in [1.54, 1.807) is 11.3 Å². The number of ether oxygens (including phenoxy) is 1. The van der Waals surface area contributed by atoms with Crippen molar-refractivity contribution in [3.05, 3.63) is 53.9 Å². The first kappa shape index (κ1) is 12.5. The van der Waals surface area contributed by atoms with Gasteiger partial charge in [-0.15, -0.1) is 21.0 Å². The maximum Gasteiger partial charge on any atom is 0.327 e. The van der Waals surface area contributed by atoms with E-state index in [2.05, 4.69) is 20.5 Å². The molecule has 3 heterocycles. The summed E-state index contributed by atoms with van der Waals surface area (Å²) in [6.07, 6.45) is 0. The molecule has 5 rings (SSSR count). The van der Waals surface area contributed by atoms with Gasteiger partial charge in [-0.05, 0) is 33.3 Å². The van der Waals surface area contributed by atoms with Gasteiger partial charge in [-0.1, -0.05) is 36.4 Å². The lowest BCUT2D eigenvalue weighted by atomic mass is 10.1. The van der Waals surface area contributed by atoms with E-state index in [0.717, 1.165) is 26.7 Å². The number of thiophene rings is 1. The van der Waals surface area contributed by atoms with Crippen molar-refractivity contribution in [2.75, 3.05) is 0 Å². The Kier molecular flexibility index (Phi) is 2.56. The lowest BCUT2D eigenvalue weighted by Gasteiger charge is -2.08. The minimum Gasteiger partial charge on any atom is -0.424 e. The van der Waals surface area contributed by atoms with Crippen molar-refractivity contribution in [2.45, 2.75) is 0 Å². The number of aromatic nitrogens is 5. The summed E-state index contributed by atoms with van der Waals surface area (Å²) in [4.78, 5) is 4.55.